The number of nitrogens with two attached hydrogens (primary N) is 1. The van der Waals surface area contributed by atoms with E-state index in [0.717, 1.165) is 6.42 Å². The van der Waals surface area contributed by atoms with Crippen LogP contribution < -0.4 is 11.2 Å². The molecule has 0 unspecified atom stereocenters. The Kier molecular flexibility index (Phi) is 25.7. The van der Waals surface area contributed by atoms with E-state index in [4.69, 9.17) is 10.3 Å². The standard InChI is InChI=1S/C4H9NO2.ClH.H3NO/c1-2-3-5-4(6)7;;1-2/h5H,2-3H2,1H3,(H,6,7);1H;2H,1H2. The van der Waals surface area contributed by atoms with Crippen molar-refractivity contribution in [3.8, 4) is 0 Å². The maximum Gasteiger partial charge on any atom is 0.404 e. The van der Waals surface area contributed by atoms with Gasteiger partial charge >= 0.3 is 6.09 Å². The summed E-state index contributed by atoms with van der Waals surface area (Å²) in [6.07, 6.45) is -0.0893. The van der Waals surface area contributed by atoms with Gasteiger partial charge < -0.3 is 15.6 Å². The summed E-state index contributed by atoms with van der Waals surface area (Å²) in [5.41, 5.74) is 0. The lowest BCUT2D eigenvalue weighted by atomic mass is 10.5. The number of halogens is 1. The maximum absolute atomic E-state index is 9.65. The normalized spacial score (nSPS) is 6.30. The zero-order valence-electron chi connectivity index (χ0n) is 5.70. The van der Waals surface area contributed by atoms with Crippen LogP contribution in [0.4, 0.5) is 4.79 Å². The molecule has 0 aromatic heterocycles. The van der Waals surface area contributed by atoms with E-state index in [1.165, 1.54) is 0 Å². The Hall–Kier alpha value is -0.520. The third-order valence-electron chi connectivity index (χ3n) is 0.526. The smallest absolute Gasteiger partial charge is 0.404 e. The molecule has 0 rings (SSSR count). The maximum atomic E-state index is 9.65. The Bertz CT molecular complexity index is 71.5. The van der Waals surface area contributed by atoms with Crippen molar-refractivity contribution in [2.24, 2.45) is 5.90 Å². The van der Waals surface area contributed by atoms with Gasteiger partial charge in [0, 0.05) is 6.54 Å². The highest BCUT2D eigenvalue weighted by atomic mass is 35.5. The SMILES string of the molecule is CCCNC(=O)O.Cl.NO. The Morgan fingerprint density at radius 3 is 2.10 bits per heavy atom. The van der Waals surface area contributed by atoms with Crippen molar-refractivity contribution >= 4 is 18.5 Å². The molecule has 5 nitrogen and oxygen atoms in total. The van der Waals surface area contributed by atoms with Gasteiger partial charge in [-0.25, -0.2) is 10.7 Å². The fourth-order valence-electron chi connectivity index (χ4n) is 0.232. The number of amides is 1. The van der Waals surface area contributed by atoms with Crippen LogP contribution in [0.15, 0.2) is 0 Å². The lowest BCUT2D eigenvalue weighted by Crippen LogP contribution is -2.20. The summed E-state index contributed by atoms with van der Waals surface area (Å²) in [5.74, 6) is 3.50. The average molecular weight is 173 g/mol. The molecule has 0 bridgehead atoms. The molecule has 0 saturated heterocycles. The topological polar surface area (TPSA) is 95.6 Å². The van der Waals surface area contributed by atoms with E-state index in [1.807, 2.05) is 6.92 Å². The summed E-state index contributed by atoms with van der Waals surface area (Å²) in [7, 11) is 0. The first-order valence-electron chi connectivity index (χ1n) is 2.50. The van der Waals surface area contributed by atoms with Gasteiger partial charge in [0.2, 0.25) is 0 Å². The zero-order valence-corrected chi connectivity index (χ0v) is 6.52. The molecule has 0 aliphatic heterocycles. The van der Waals surface area contributed by atoms with E-state index in [-0.39, 0.29) is 12.4 Å². The van der Waals surface area contributed by atoms with Gasteiger partial charge in [-0.3, -0.25) is 0 Å². The second kappa shape index (κ2) is 15.8. The summed E-state index contributed by atoms with van der Waals surface area (Å²) in [5, 5.41) is 16.6. The van der Waals surface area contributed by atoms with Crippen LogP contribution in [-0.4, -0.2) is 23.0 Å². The molecule has 0 heterocycles. The van der Waals surface area contributed by atoms with E-state index < -0.39 is 6.09 Å². The molecule has 0 aromatic rings. The van der Waals surface area contributed by atoms with Crippen molar-refractivity contribution in [3.05, 3.63) is 0 Å². The summed E-state index contributed by atoms with van der Waals surface area (Å²) >= 11 is 0. The van der Waals surface area contributed by atoms with Gasteiger partial charge in [-0.2, -0.15) is 0 Å². The minimum atomic E-state index is -0.943. The van der Waals surface area contributed by atoms with E-state index in [1.54, 1.807) is 0 Å². The first kappa shape index (κ1) is 16.2. The fraction of sp³-hybridized carbons (Fsp3) is 0.750. The van der Waals surface area contributed by atoms with Crippen molar-refractivity contribution in [1.29, 1.82) is 0 Å². The van der Waals surface area contributed by atoms with Crippen molar-refractivity contribution in [3.63, 3.8) is 0 Å². The lowest BCUT2D eigenvalue weighted by Gasteiger charge is -1.91. The van der Waals surface area contributed by atoms with Gasteiger partial charge in [0.1, 0.15) is 0 Å². The van der Waals surface area contributed by atoms with Crippen LogP contribution in [0.2, 0.25) is 0 Å². The molecule has 10 heavy (non-hydrogen) atoms. The highest BCUT2D eigenvalue weighted by Gasteiger charge is 1.86. The third kappa shape index (κ3) is 25.9. The molecule has 0 aliphatic carbocycles. The van der Waals surface area contributed by atoms with Gasteiger partial charge in [0.25, 0.3) is 0 Å². The molecular formula is C4H13ClN2O3. The number of carboxylic acid groups (broad SMARTS) is 1. The average Bonchev–Trinajstić information content (AvgIpc) is 1.88. The predicted molar refractivity (Wildman–Crippen MR) is 39.5 cm³/mol. The molecule has 6 heteroatoms. The minimum Gasteiger partial charge on any atom is -0.465 e. The van der Waals surface area contributed by atoms with E-state index in [2.05, 4.69) is 11.2 Å². The van der Waals surface area contributed by atoms with Crippen LogP contribution in [0.3, 0.4) is 0 Å². The molecule has 5 N–H and O–H groups in total. The van der Waals surface area contributed by atoms with Crippen LogP contribution in [0, 0.1) is 0 Å². The second-order valence-electron chi connectivity index (χ2n) is 1.23. The van der Waals surface area contributed by atoms with Gasteiger partial charge in [0.05, 0.1) is 0 Å². The van der Waals surface area contributed by atoms with Crippen LogP contribution in [0.5, 0.6) is 0 Å². The van der Waals surface area contributed by atoms with Crippen molar-refractivity contribution in [2.45, 2.75) is 13.3 Å². The number of carbonyl (C=O) groups is 1. The minimum absolute atomic E-state index is 0. The highest BCUT2D eigenvalue weighted by molar-refractivity contribution is 5.85. The number of hydrogen-bond donors (Lipinski definition) is 4. The zero-order chi connectivity index (χ0) is 7.70. The van der Waals surface area contributed by atoms with E-state index in [9.17, 15) is 4.79 Å². The van der Waals surface area contributed by atoms with Crippen molar-refractivity contribution in [2.75, 3.05) is 6.54 Å². The summed E-state index contributed by atoms with van der Waals surface area (Å²) in [6, 6.07) is 0. The largest absolute Gasteiger partial charge is 0.465 e. The Morgan fingerprint density at radius 1 is 1.60 bits per heavy atom. The van der Waals surface area contributed by atoms with Crippen LogP contribution in [-0.2, 0) is 0 Å². The van der Waals surface area contributed by atoms with Gasteiger partial charge in [-0.05, 0) is 6.42 Å². The molecule has 0 radical (unpaired) electrons. The molecule has 64 valence electrons. The summed E-state index contributed by atoms with van der Waals surface area (Å²) in [4.78, 5) is 9.65. The van der Waals surface area contributed by atoms with Gasteiger partial charge in [0.15, 0.2) is 0 Å². The van der Waals surface area contributed by atoms with Crippen molar-refractivity contribution in [1.82, 2.24) is 5.32 Å². The van der Waals surface area contributed by atoms with Gasteiger partial charge in [-0.1, -0.05) is 6.92 Å². The summed E-state index contributed by atoms with van der Waals surface area (Å²) < 4.78 is 0. The highest BCUT2D eigenvalue weighted by Crippen LogP contribution is 1.67. The molecule has 0 aromatic carbocycles. The molecule has 0 fully saturated rings. The Labute approximate surface area is 65.6 Å². The van der Waals surface area contributed by atoms with Gasteiger partial charge in [-0.15, -0.1) is 12.4 Å². The number of nitrogens with one attached hydrogen (secondary N) is 1. The Morgan fingerprint density at radius 2 is 2.00 bits per heavy atom. The van der Waals surface area contributed by atoms with E-state index >= 15 is 0 Å². The first-order valence-corrected chi connectivity index (χ1v) is 2.50. The van der Waals surface area contributed by atoms with Crippen LogP contribution in [0.25, 0.3) is 0 Å². The second-order valence-corrected chi connectivity index (χ2v) is 1.23. The fourth-order valence-corrected chi connectivity index (χ4v) is 0.232. The third-order valence-corrected chi connectivity index (χ3v) is 0.526. The molecule has 0 spiro atoms. The Balaban J connectivity index is -0.000000149. The quantitative estimate of drug-likeness (QED) is 0.454. The molecule has 0 aliphatic rings. The molecule has 0 saturated carbocycles. The van der Waals surface area contributed by atoms with Crippen molar-refractivity contribution < 1.29 is 15.1 Å². The summed E-state index contributed by atoms with van der Waals surface area (Å²) in [6.45, 7) is 2.46. The first-order chi connectivity index (χ1) is 4.27. The molecule has 1 amide bonds. The number of hydrogen-bond acceptors (Lipinski definition) is 3. The lowest BCUT2D eigenvalue weighted by molar-refractivity contribution is 0.194. The number of rotatable bonds is 2. The predicted octanol–water partition coefficient (Wildman–Crippen LogP) is 0.420. The van der Waals surface area contributed by atoms with E-state index in [0.29, 0.717) is 6.54 Å². The monoisotopic (exact) mass is 172 g/mol. The van der Waals surface area contributed by atoms with Crippen LogP contribution in [0.1, 0.15) is 13.3 Å². The molecular weight excluding hydrogens is 160 g/mol. The molecule has 0 atom stereocenters. The van der Waals surface area contributed by atoms with Crippen LogP contribution >= 0.6 is 12.4 Å².